The third-order valence-corrected chi connectivity index (χ3v) is 4.10. The third kappa shape index (κ3) is 5.76. The van der Waals surface area contributed by atoms with Crippen LogP contribution in [0.2, 0.25) is 0 Å². The Morgan fingerprint density at radius 2 is 1.78 bits per heavy atom. The average Bonchev–Trinajstić information content (AvgIpc) is 2.70. The molecule has 0 saturated heterocycles. The lowest BCUT2D eigenvalue weighted by Gasteiger charge is -2.15. The summed E-state index contributed by atoms with van der Waals surface area (Å²) in [7, 11) is 7.04. The molecule has 0 radical (unpaired) electrons. The van der Waals surface area contributed by atoms with Crippen molar-refractivity contribution < 1.29 is 19.4 Å². The van der Waals surface area contributed by atoms with Crippen LogP contribution >= 0.6 is 0 Å². The number of amides is 1. The molecule has 6 heteroatoms. The third-order valence-electron chi connectivity index (χ3n) is 4.10. The zero-order valence-corrected chi connectivity index (χ0v) is 16.1. The van der Waals surface area contributed by atoms with Crippen LogP contribution in [0.3, 0.4) is 0 Å². The molecule has 2 rings (SSSR count). The van der Waals surface area contributed by atoms with E-state index >= 15 is 0 Å². The van der Waals surface area contributed by atoms with Crippen LogP contribution in [0.25, 0.3) is 6.08 Å². The fourth-order valence-corrected chi connectivity index (χ4v) is 2.50. The molecule has 0 saturated carbocycles. The Hall–Kier alpha value is -2.99. The number of hydrogen-bond acceptors (Lipinski definition) is 5. The number of hydrogen-bond donors (Lipinski definition) is 2. The van der Waals surface area contributed by atoms with E-state index < -0.39 is 6.10 Å². The Kier molecular flexibility index (Phi) is 7.25. The Morgan fingerprint density at radius 1 is 1.11 bits per heavy atom. The van der Waals surface area contributed by atoms with E-state index in [-0.39, 0.29) is 12.5 Å². The maximum Gasteiger partial charge on any atom is 0.244 e. The number of nitrogens with zero attached hydrogens (tertiary/aromatic N) is 1. The summed E-state index contributed by atoms with van der Waals surface area (Å²) in [5, 5.41) is 12.9. The zero-order valence-electron chi connectivity index (χ0n) is 16.1. The first-order chi connectivity index (χ1) is 12.9. The van der Waals surface area contributed by atoms with Crippen molar-refractivity contribution in [3.05, 3.63) is 59.7 Å². The Morgan fingerprint density at radius 3 is 2.37 bits per heavy atom. The molecule has 0 heterocycles. The molecular formula is C21H26N2O4. The second kappa shape index (κ2) is 9.64. The van der Waals surface area contributed by atoms with Crippen molar-refractivity contribution >= 4 is 17.7 Å². The number of carbonyl (C=O) groups is 1. The van der Waals surface area contributed by atoms with Gasteiger partial charge in [0, 0.05) is 32.4 Å². The topological polar surface area (TPSA) is 71.0 Å². The van der Waals surface area contributed by atoms with E-state index in [1.165, 1.54) is 6.08 Å². The predicted octanol–water partition coefficient (Wildman–Crippen LogP) is 2.63. The molecular weight excluding hydrogens is 344 g/mol. The van der Waals surface area contributed by atoms with Crippen molar-refractivity contribution in [2.45, 2.75) is 6.10 Å². The van der Waals surface area contributed by atoms with Crippen molar-refractivity contribution in [3.63, 3.8) is 0 Å². The van der Waals surface area contributed by atoms with E-state index in [2.05, 4.69) is 5.32 Å². The van der Waals surface area contributed by atoms with Gasteiger partial charge in [-0.2, -0.15) is 0 Å². The molecule has 2 N–H and O–H groups in total. The average molecular weight is 370 g/mol. The Balaban J connectivity index is 1.90. The minimum absolute atomic E-state index is 0.135. The molecule has 0 aliphatic heterocycles. The standard InChI is InChI=1S/C21H26N2O4/c1-23(2)17-9-7-16(8-10-17)18(24)14-22-21(25)12-6-15-5-11-19(26-3)20(13-15)27-4/h5-13,18,24H,14H2,1-4H3,(H,22,25)/b12-6+. The Bertz CT molecular complexity index is 785. The van der Waals surface area contributed by atoms with Gasteiger partial charge in [0.1, 0.15) is 0 Å². The smallest absolute Gasteiger partial charge is 0.244 e. The summed E-state index contributed by atoms with van der Waals surface area (Å²) in [6.07, 6.45) is 2.33. The number of rotatable bonds is 8. The summed E-state index contributed by atoms with van der Waals surface area (Å²) in [5.41, 5.74) is 2.61. The van der Waals surface area contributed by atoms with Gasteiger partial charge in [0.15, 0.2) is 11.5 Å². The minimum Gasteiger partial charge on any atom is -0.493 e. The van der Waals surface area contributed by atoms with Gasteiger partial charge in [0.05, 0.1) is 20.3 Å². The lowest BCUT2D eigenvalue weighted by molar-refractivity contribution is -0.116. The number of methoxy groups -OCH3 is 2. The molecule has 2 aromatic carbocycles. The highest BCUT2D eigenvalue weighted by molar-refractivity contribution is 5.91. The summed E-state index contributed by atoms with van der Waals surface area (Å²) in [6, 6.07) is 12.9. The maximum atomic E-state index is 12.0. The fourth-order valence-electron chi connectivity index (χ4n) is 2.50. The fraction of sp³-hybridized carbons (Fsp3) is 0.286. The molecule has 0 spiro atoms. The van der Waals surface area contributed by atoms with Crippen molar-refractivity contribution in [2.24, 2.45) is 0 Å². The highest BCUT2D eigenvalue weighted by atomic mass is 16.5. The quantitative estimate of drug-likeness (QED) is 0.699. The van der Waals surface area contributed by atoms with Crippen LogP contribution in [-0.4, -0.2) is 45.9 Å². The predicted molar refractivity (Wildman–Crippen MR) is 107 cm³/mol. The summed E-state index contributed by atoms with van der Waals surface area (Å²) >= 11 is 0. The van der Waals surface area contributed by atoms with Crippen LogP contribution in [0.5, 0.6) is 11.5 Å². The van der Waals surface area contributed by atoms with Gasteiger partial charge in [-0.25, -0.2) is 0 Å². The molecule has 0 aliphatic carbocycles. The molecule has 27 heavy (non-hydrogen) atoms. The zero-order chi connectivity index (χ0) is 19.8. The van der Waals surface area contributed by atoms with Gasteiger partial charge >= 0.3 is 0 Å². The van der Waals surface area contributed by atoms with Crippen molar-refractivity contribution in [2.75, 3.05) is 39.8 Å². The van der Waals surface area contributed by atoms with Gasteiger partial charge in [-0.15, -0.1) is 0 Å². The SMILES string of the molecule is COc1ccc(/C=C/C(=O)NCC(O)c2ccc(N(C)C)cc2)cc1OC. The summed E-state index contributed by atoms with van der Waals surface area (Å²) < 4.78 is 10.4. The second-order valence-corrected chi connectivity index (χ2v) is 6.19. The molecule has 0 bridgehead atoms. The van der Waals surface area contributed by atoms with E-state index in [0.717, 1.165) is 16.8 Å². The molecule has 6 nitrogen and oxygen atoms in total. The normalized spacial score (nSPS) is 11.9. The number of ether oxygens (including phenoxy) is 2. The highest BCUT2D eigenvalue weighted by Gasteiger charge is 2.09. The first-order valence-electron chi connectivity index (χ1n) is 8.58. The second-order valence-electron chi connectivity index (χ2n) is 6.19. The van der Waals surface area contributed by atoms with Crippen LogP contribution < -0.4 is 19.7 Å². The monoisotopic (exact) mass is 370 g/mol. The number of nitrogens with one attached hydrogen (secondary N) is 1. The first-order valence-corrected chi connectivity index (χ1v) is 8.58. The number of anilines is 1. The molecule has 1 amide bonds. The Labute approximate surface area is 160 Å². The van der Waals surface area contributed by atoms with Crippen molar-refractivity contribution in [1.82, 2.24) is 5.32 Å². The van der Waals surface area contributed by atoms with Gasteiger partial charge in [0.25, 0.3) is 0 Å². The number of aliphatic hydroxyl groups is 1. The van der Waals surface area contributed by atoms with Crippen molar-refractivity contribution in [3.8, 4) is 11.5 Å². The number of aliphatic hydroxyl groups excluding tert-OH is 1. The lowest BCUT2D eigenvalue weighted by atomic mass is 10.1. The lowest BCUT2D eigenvalue weighted by Crippen LogP contribution is -2.26. The van der Waals surface area contributed by atoms with Gasteiger partial charge in [0.2, 0.25) is 5.91 Å². The van der Waals surface area contributed by atoms with Crippen molar-refractivity contribution in [1.29, 1.82) is 0 Å². The minimum atomic E-state index is -0.764. The number of benzene rings is 2. The largest absolute Gasteiger partial charge is 0.493 e. The van der Waals surface area contributed by atoms with E-state index in [9.17, 15) is 9.90 Å². The van der Waals surface area contributed by atoms with Gasteiger partial charge < -0.3 is 24.8 Å². The van der Waals surface area contributed by atoms with Crippen LogP contribution in [0.15, 0.2) is 48.5 Å². The summed E-state index contributed by atoms with van der Waals surface area (Å²) in [6.45, 7) is 0.135. The van der Waals surface area contributed by atoms with E-state index in [1.54, 1.807) is 32.4 Å². The molecule has 0 fully saturated rings. The highest BCUT2D eigenvalue weighted by Crippen LogP contribution is 2.27. The van der Waals surface area contributed by atoms with Gasteiger partial charge in [-0.05, 0) is 41.5 Å². The van der Waals surface area contributed by atoms with E-state index in [4.69, 9.17) is 9.47 Å². The first kappa shape index (κ1) is 20.3. The summed E-state index contributed by atoms with van der Waals surface area (Å²) in [5.74, 6) is 0.938. The van der Waals surface area contributed by atoms with Gasteiger partial charge in [-0.3, -0.25) is 4.79 Å². The maximum absolute atomic E-state index is 12.0. The molecule has 0 aromatic heterocycles. The van der Waals surface area contributed by atoms with E-state index in [0.29, 0.717) is 11.5 Å². The number of carbonyl (C=O) groups excluding carboxylic acids is 1. The molecule has 2 aromatic rings. The molecule has 1 unspecified atom stereocenters. The van der Waals surface area contributed by atoms with Crippen LogP contribution in [0.4, 0.5) is 5.69 Å². The summed E-state index contributed by atoms with van der Waals surface area (Å²) in [4.78, 5) is 14.0. The molecule has 0 aliphatic rings. The molecule has 144 valence electrons. The van der Waals surface area contributed by atoms with Crippen LogP contribution in [0.1, 0.15) is 17.2 Å². The van der Waals surface area contributed by atoms with Gasteiger partial charge in [-0.1, -0.05) is 18.2 Å². The van der Waals surface area contributed by atoms with Crippen LogP contribution in [-0.2, 0) is 4.79 Å². The molecule has 1 atom stereocenters. The van der Waals surface area contributed by atoms with Crippen LogP contribution in [0, 0.1) is 0 Å². The van der Waals surface area contributed by atoms with E-state index in [1.807, 2.05) is 49.3 Å².